The number of carboxylic acids is 1. The van der Waals surface area contributed by atoms with Gasteiger partial charge in [-0.3, -0.25) is 0 Å². The second-order valence-corrected chi connectivity index (χ2v) is 15.0. The number of hydrogen-bond acceptors (Lipinski definition) is 6. The summed E-state index contributed by atoms with van der Waals surface area (Å²) in [7, 11) is -3.62. The Kier molecular flexibility index (Phi) is 9.47. The Morgan fingerprint density at radius 2 is 2.05 bits per heavy atom. The van der Waals surface area contributed by atoms with Crippen molar-refractivity contribution in [2.45, 2.75) is 75.6 Å². The van der Waals surface area contributed by atoms with Crippen LogP contribution < -0.4 is 14.8 Å². The maximum atomic E-state index is 11.9. The van der Waals surface area contributed by atoms with E-state index in [1.807, 2.05) is 26.0 Å². The number of primary sulfonamides is 1. The Bertz CT molecular complexity index is 1480. The molecule has 10 heteroatoms. The van der Waals surface area contributed by atoms with Gasteiger partial charge in [-0.1, -0.05) is 43.7 Å². The summed E-state index contributed by atoms with van der Waals surface area (Å²) in [6, 6.07) is 11.2. The molecule has 234 valence electrons. The number of fused-ring (bicyclic) bond motifs is 3. The molecule has 0 aromatic heterocycles. The third kappa shape index (κ3) is 6.75. The van der Waals surface area contributed by atoms with Gasteiger partial charge >= 0.3 is 5.97 Å². The number of halogens is 1. The van der Waals surface area contributed by atoms with E-state index in [9.17, 15) is 23.4 Å². The summed E-state index contributed by atoms with van der Waals surface area (Å²) in [5.41, 5.74) is 3.20. The largest absolute Gasteiger partial charge is 0.490 e. The first-order valence-electron chi connectivity index (χ1n) is 15.3. The molecular weight excluding hydrogens is 588 g/mol. The number of hydrogen-bond donors (Lipinski definition) is 3. The minimum atomic E-state index is -3.62. The number of rotatable bonds is 10. The first-order valence-corrected chi connectivity index (χ1v) is 17.3. The molecule has 1 aliphatic heterocycles. The van der Waals surface area contributed by atoms with E-state index in [4.69, 9.17) is 21.5 Å². The predicted octanol–water partition coefficient (Wildman–Crippen LogP) is 5.55. The minimum absolute atomic E-state index is 0.0513. The third-order valence-electron chi connectivity index (χ3n) is 9.95. The normalized spacial score (nSPS) is 25.7. The number of aromatic carboxylic acids is 1. The minimum Gasteiger partial charge on any atom is -0.490 e. The topological polar surface area (TPSA) is 130 Å². The monoisotopic (exact) mass is 630 g/mol. The van der Waals surface area contributed by atoms with Crippen molar-refractivity contribution < 1.29 is 28.2 Å². The zero-order valence-electron chi connectivity index (χ0n) is 24.9. The fourth-order valence-corrected chi connectivity index (χ4v) is 8.90. The Morgan fingerprint density at radius 3 is 2.72 bits per heavy atom. The van der Waals surface area contributed by atoms with Crippen molar-refractivity contribution in [1.29, 1.82) is 0 Å². The van der Waals surface area contributed by atoms with Gasteiger partial charge in [0.05, 0.1) is 29.2 Å². The number of sulfonamides is 1. The summed E-state index contributed by atoms with van der Waals surface area (Å²) < 4.78 is 30.3. The van der Waals surface area contributed by atoms with Crippen LogP contribution in [0.3, 0.4) is 0 Å². The fourth-order valence-electron chi connectivity index (χ4n) is 7.49. The summed E-state index contributed by atoms with van der Waals surface area (Å²) in [5.74, 6) is -0.204. The molecule has 1 spiro atoms. The molecule has 4 N–H and O–H groups in total. The lowest BCUT2D eigenvalue weighted by molar-refractivity contribution is 0.0455. The number of aryl methyl sites for hydroxylation is 1. The van der Waals surface area contributed by atoms with Gasteiger partial charge < -0.3 is 19.8 Å². The molecule has 0 amide bonds. The number of nitrogens with two attached hydrogens (primary N) is 1. The highest BCUT2D eigenvalue weighted by Gasteiger charge is 2.44. The highest BCUT2D eigenvalue weighted by Crippen LogP contribution is 2.46. The molecule has 5 rings (SSSR count). The van der Waals surface area contributed by atoms with E-state index in [1.165, 1.54) is 11.1 Å². The van der Waals surface area contributed by atoms with Crippen LogP contribution >= 0.6 is 11.6 Å². The average Bonchev–Trinajstić information content (AvgIpc) is 3.07. The van der Waals surface area contributed by atoms with E-state index < -0.39 is 27.3 Å². The number of nitrogens with zero attached hydrogens (tertiary/aromatic N) is 1. The Hall–Kier alpha value is -2.59. The number of ether oxygens (including phenoxy) is 1. The van der Waals surface area contributed by atoms with Gasteiger partial charge in [0.25, 0.3) is 0 Å². The predicted molar refractivity (Wildman–Crippen MR) is 170 cm³/mol. The van der Waals surface area contributed by atoms with Crippen molar-refractivity contribution in [1.82, 2.24) is 0 Å². The number of carbonyl (C=O) groups is 1. The summed E-state index contributed by atoms with van der Waals surface area (Å²) in [5, 5.41) is 26.4. The zero-order valence-corrected chi connectivity index (χ0v) is 26.5. The Labute approximate surface area is 259 Å². The summed E-state index contributed by atoms with van der Waals surface area (Å²) in [6.07, 6.45) is 8.77. The molecule has 0 radical (unpaired) electrons. The summed E-state index contributed by atoms with van der Waals surface area (Å²) >= 11 is 6.36. The van der Waals surface area contributed by atoms with Gasteiger partial charge in [0, 0.05) is 23.5 Å². The fraction of sp³-hybridized carbons (Fsp3) is 0.545. The highest BCUT2D eigenvalue weighted by molar-refractivity contribution is 7.89. The quantitative estimate of drug-likeness (QED) is 0.294. The molecule has 1 saturated carbocycles. The molecule has 6 atom stereocenters. The van der Waals surface area contributed by atoms with Crippen LogP contribution in [0.5, 0.6) is 5.75 Å². The molecule has 2 aliphatic carbocycles. The van der Waals surface area contributed by atoms with E-state index in [0.717, 1.165) is 42.8 Å². The number of aliphatic hydroxyl groups excluding tert-OH is 1. The Balaban J connectivity index is 1.37. The molecule has 8 nitrogen and oxygen atoms in total. The lowest BCUT2D eigenvalue weighted by Gasteiger charge is -2.45. The maximum absolute atomic E-state index is 11.9. The first-order chi connectivity index (χ1) is 20.4. The number of aliphatic hydroxyl groups is 1. The van der Waals surface area contributed by atoms with Crippen LogP contribution in [0.1, 0.15) is 73.9 Å². The van der Waals surface area contributed by atoms with E-state index in [2.05, 4.69) is 17.0 Å². The molecule has 2 aromatic rings. The van der Waals surface area contributed by atoms with Gasteiger partial charge in [-0.05, 0) is 104 Å². The third-order valence-corrected chi connectivity index (χ3v) is 11.8. The van der Waals surface area contributed by atoms with Crippen LogP contribution in [0.25, 0.3) is 0 Å². The lowest BCUT2D eigenvalue weighted by Crippen LogP contribution is -2.49. The van der Waals surface area contributed by atoms with Crippen LogP contribution in [0.2, 0.25) is 5.02 Å². The van der Waals surface area contributed by atoms with Crippen molar-refractivity contribution in [2.24, 2.45) is 22.9 Å². The van der Waals surface area contributed by atoms with E-state index in [-0.39, 0.29) is 28.7 Å². The summed E-state index contributed by atoms with van der Waals surface area (Å²) in [6.45, 7) is 5.53. The molecule has 0 bridgehead atoms. The SMILES string of the molecule is CC[C@@H]([C@@H](C)C/C=C/[C@H](O)[C@@H]1CC[C@H]1CN1CC2(CCCc3cc(Cl)ccc32)COc2ccc(C(=O)O)cc21)S(N)(=O)=O. The van der Waals surface area contributed by atoms with Crippen LogP contribution in [-0.4, -0.2) is 55.7 Å². The maximum Gasteiger partial charge on any atom is 0.335 e. The molecule has 3 aliphatic rings. The van der Waals surface area contributed by atoms with Crippen LogP contribution in [-0.2, 0) is 21.9 Å². The van der Waals surface area contributed by atoms with E-state index in [1.54, 1.807) is 24.3 Å². The molecule has 1 heterocycles. The number of benzene rings is 2. The van der Waals surface area contributed by atoms with Crippen molar-refractivity contribution in [3.63, 3.8) is 0 Å². The lowest BCUT2D eigenvalue weighted by atomic mass is 9.68. The van der Waals surface area contributed by atoms with E-state index in [0.29, 0.717) is 38.3 Å². The molecule has 2 aromatic carbocycles. The number of carboxylic acid groups (broad SMARTS) is 1. The molecular formula is C33H43ClN2O6S. The van der Waals surface area contributed by atoms with E-state index >= 15 is 0 Å². The van der Waals surface area contributed by atoms with Crippen molar-refractivity contribution in [2.75, 3.05) is 24.6 Å². The highest BCUT2D eigenvalue weighted by atomic mass is 35.5. The smallest absolute Gasteiger partial charge is 0.335 e. The standard InChI is InChI=1S/C33H43ClN2O6S/c1-3-31(43(35,40)41)21(2)6-4-8-29(37)26-12-9-24(26)18-36-19-33(15-5-7-22-16-25(34)11-13-27(22)33)20-42-30-14-10-23(32(38)39)17-28(30)36/h4,8,10-11,13-14,16-17,21,24,26,29,31,37H,3,5-7,9,12,15,18-20H2,1-2H3,(H,38,39)(H2,35,40,41)/b8-4+/t21-,24-,26+,29-,31-,33?/m0/s1. The molecule has 1 unspecified atom stereocenters. The average molecular weight is 631 g/mol. The van der Waals surface area contributed by atoms with Crippen LogP contribution in [0, 0.1) is 17.8 Å². The van der Waals surface area contributed by atoms with Gasteiger partial charge in [0.15, 0.2) is 0 Å². The van der Waals surface area contributed by atoms with Crippen molar-refractivity contribution in [3.05, 3.63) is 70.3 Å². The van der Waals surface area contributed by atoms with Crippen LogP contribution in [0.4, 0.5) is 5.69 Å². The number of allylic oxidation sites excluding steroid dienone is 1. The molecule has 0 saturated heterocycles. The Morgan fingerprint density at radius 1 is 1.26 bits per heavy atom. The van der Waals surface area contributed by atoms with Gasteiger partial charge in [-0.15, -0.1) is 0 Å². The first kappa shape index (κ1) is 31.8. The summed E-state index contributed by atoms with van der Waals surface area (Å²) in [4.78, 5) is 14.2. The molecule has 43 heavy (non-hydrogen) atoms. The number of anilines is 1. The molecule has 1 fully saturated rings. The van der Waals surface area contributed by atoms with Gasteiger partial charge in [-0.2, -0.15) is 0 Å². The second kappa shape index (κ2) is 12.8. The van der Waals surface area contributed by atoms with Gasteiger partial charge in [0.1, 0.15) is 5.75 Å². The van der Waals surface area contributed by atoms with Gasteiger partial charge in [0.2, 0.25) is 10.0 Å². The van der Waals surface area contributed by atoms with Crippen molar-refractivity contribution >= 4 is 33.3 Å². The zero-order chi connectivity index (χ0) is 30.9. The van der Waals surface area contributed by atoms with Crippen LogP contribution in [0.15, 0.2) is 48.6 Å². The second-order valence-electron chi connectivity index (χ2n) is 12.8. The van der Waals surface area contributed by atoms with Gasteiger partial charge in [-0.25, -0.2) is 18.4 Å². The van der Waals surface area contributed by atoms with Crippen molar-refractivity contribution in [3.8, 4) is 5.75 Å².